The maximum atomic E-state index is 11.7. The number of hydrogen-bond donors (Lipinski definition) is 3. The second-order valence-corrected chi connectivity index (χ2v) is 4.56. The van der Waals surface area contributed by atoms with Crippen LogP contribution in [0.25, 0.3) is 0 Å². The highest BCUT2D eigenvalue weighted by Gasteiger charge is 2.15. The quantitative estimate of drug-likeness (QED) is 0.425. The lowest BCUT2D eigenvalue weighted by molar-refractivity contribution is -0.384. The van der Waals surface area contributed by atoms with E-state index in [1.54, 1.807) is 6.92 Å². The lowest BCUT2D eigenvalue weighted by Gasteiger charge is -2.18. The van der Waals surface area contributed by atoms with Crippen molar-refractivity contribution < 1.29 is 9.72 Å². The zero-order valence-corrected chi connectivity index (χ0v) is 11.1. The molecule has 1 rings (SSSR count). The molecule has 19 heavy (non-hydrogen) atoms. The van der Waals surface area contributed by atoms with Crippen molar-refractivity contribution in [2.45, 2.75) is 32.9 Å². The van der Waals surface area contributed by atoms with Crippen LogP contribution in [0, 0.1) is 10.1 Å². The molecule has 0 spiro atoms. The smallest absolute Gasteiger partial charge is 0.271 e. The van der Waals surface area contributed by atoms with Crippen LogP contribution in [0.2, 0.25) is 0 Å². The number of nitro benzene ring substituents is 1. The fourth-order valence-corrected chi connectivity index (χ4v) is 1.50. The van der Waals surface area contributed by atoms with E-state index in [4.69, 9.17) is 5.73 Å². The predicted molar refractivity (Wildman–Crippen MR) is 73.9 cm³/mol. The van der Waals surface area contributed by atoms with E-state index in [2.05, 4.69) is 10.6 Å². The van der Waals surface area contributed by atoms with Crippen LogP contribution in [-0.4, -0.2) is 22.9 Å². The topological polar surface area (TPSA) is 110 Å². The summed E-state index contributed by atoms with van der Waals surface area (Å²) in [6.45, 7) is 5.42. The highest BCUT2D eigenvalue weighted by atomic mass is 16.6. The molecule has 0 aromatic heterocycles. The third-order valence-corrected chi connectivity index (χ3v) is 2.44. The van der Waals surface area contributed by atoms with Gasteiger partial charge in [-0.2, -0.15) is 0 Å². The molecule has 1 aromatic rings. The lowest BCUT2D eigenvalue weighted by atomic mass is 10.2. The Kier molecular flexibility index (Phi) is 4.68. The summed E-state index contributed by atoms with van der Waals surface area (Å²) in [5, 5.41) is 16.3. The van der Waals surface area contributed by atoms with Gasteiger partial charge in [0, 0.05) is 18.2 Å². The van der Waals surface area contributed by atoms with E-state index in [0.717, 1.165) is 0 Å². The number of anilines is 2. The Morgan fingerprint density at radius 2 is 2.00 bits per heavy atom. The van der Waals surface area contributed by atoms with Gasteiger partial charge in [0.1, 0.15) is 6.04 Å². The number of rotatable bonds is 5. The number of carbonyl (C=O) groups is 1. The average Bonchev–Trinajstić information content (AvgIpc) is 2.30. The van der Waals surface area contributed by atoms with Gasteiger partial charge in [-0.1, -0.05) is 0 Å². The molecule has 0 heterocycles. The summed E-state index contributed by atoms with van der Waals surface area (Å²) in [5.74, 6) is -0.159. The van der Waals surface area contributed by atoms with Gasteiger partial charge >= 0.3 is 0 Å². The number of nitrogens with zero attached hydrogens (tertiary/aromatic N) is 1. The molecule has 0 saturated heterocycles. The van der Waals surface area contributed by atoms with Crippen molar-refractivity contribution in [2.24, 2.45) is 0 Å². The van der Waals surface area contributed by atoms with E-state index in [9.17, 15) is 14.9 Å². The monoisotopic (exact) mass is 266 g/mol. The highest BCUT2D eigenvalue weighted by molar-refractivity contribution is 5.85. The van der Waals surface area contributed by atoms with Crippen LogP contribution in [0.3, 0.4) is 0 Å². The van der Waals surface area contributed by atoms with E-state index < -0.39 is 11.0 Å². The van der Waals surface area contributed by atoms with Crippen molar-refractivity contribution >= 4 is 23.0 Å². The molecule has 0 saturated carbocycles. The standard InChI is InChI=1S/C12H18N4O3/c1-7(2)14-12(17)8(3)15-11-5-4-9(16(18)19)6-10(11)13/h4-8,15H,13H2,1-3H3,(H,14,17). The molecular weight excluding hydrogens is 248 g/mol. The number of hydrogen-bond acceptors (Lipinski definition) is 5. The number of carbonyl (C=O) groups excluding carboxylic acids is 1. The molecule has 0 radical (unpaired) electrons. The van der Waals surface area contributed by atoms with Gasteiger partial charge in [0.2, 0.25) is 5.91 Å². The third-order valence-electron chi connectivity index (χ3n) is 2.44. The first-order chi connectivity index (χ1) is 8.81. The van der Waals surface area contributed by atoms with E-state index in [1.807, 2.05) is 13.8 Å². The summed E-state index contributed by atoms with van der Waals surface area (Å²) < 4.78 is 0. The number of amides is 1. The van der Waals surface area contributed by atoms with Crippen molar-refractivity contribution in [3.63, 3.8) is 0 Å². The Hall–Kier alpha value is -2.31. The summed E-state index contributed by atoms with van der Waals surface area (Å²) in [5.41, 5.74) is 6.36. The summed E-state index contributed by atoms with van der Waals surface area (Å²) in [6, 6.07) is 3.66. The van der Waals surface area contributed by atoms with E-state index in [0.29, 0.717) is 5.69 Å². The average molecular weight is 266 g/mol. The number of non-ortho nitro benzene ring substituents is 1. The third kappa shape index (κ3) is 4.13. The molecule has 1 aromatic carbocycles. The molecule has 0 aliphatic carbocycles. The van der Waals surface area contributed by atoms with Gasteiger partial charge in [0.05, 0.1) is 16.3 Å². The predicted octanol–water partition coefficient (Wildman–Crippen LogP) is 1.50. The number of nitrogens with one attached hydrogen (secondary N) is 2. The first-order valence-electron chi connectivity index (χ1n) is 5.92. The normalized spacial score (nSPS) is 12.0. The number of benzene rings is 1. The van der Waals surface area contributed by atoms with E-state index in [1.165, 1.54) is 18.2 Å². The van der Waals surface area contributed by atoms with Gasteiger partial charge < -0.3 is 16.4 Å². The summed E-state index contributed by atoms with van der Waals surface area (Å²) in [7, 11) is 0. The van der Waals surface area contributed by atoms with Crippen LogP contribution in [-0.2, 0) is 4.79 Å². The lowest BCUT2D eigenvalue weighted by Crippen LogP contribution is -2.41. The fraction of sp³-hybridized carbons (Fsp3) is 0.417. The summed E-state index contributed by atoms with van der Waals surface area (Å²) in [4.78, 5) is 21.8. The fourth-order valence-electron chi connectivity index (χ4n) is 1.50. The Balaban J connectivity index is 2.77. The first-order valence-corrected chi connectivity index (χ1v) is 5.92. The zero-order chi connectivity index (χ0) is 14.6. The summed E-state index contributed by atoms with van der Waals surface area (Å²) >= 11 is 0. The van der Waals surface area contributed by atoms with Crippen molar-refractivity contribution in [2.75, 3.05) is 11.1 Å². The highest BCUT2D eigenvalue weighted by Crippen LogP contribution is 2.24. The Bertz CT molecular complexity index is 488. The van der Waals surface area contributed by atoms with Crippen molar-refractivity contribution in [1.29, 1.82) is 0 Å². The maximum absolute atomic E-state index is 11.7. The largest absolute Gasteiger partial charge is 0.397 e. The van der Waals surface area contributed by atoms with E-state index >= 15 is 0 Å². The van der Waals surface area contributed by atoms with Gasteiger partial charge in [0.15, 0.2) is 0 Å². The molecule has 0 bridgehead atoms. The van der Waals surface area contributed by atoms with Gasteiger partial charge in [0.25, 0.3) is 5.69 Å². The SMILES string of the molecule is CC(C)NC(=O)C(C)Nc1ccc([N+](=O)[O-])cc1N. The van der Waals surface area contributed by atoms with Crippen LogP contribution in [0.4, 0.5) is 17.1 Å². The molecule has 1 atom stereocenters. The molecule has 1 amide bonds. The van der Waals surface area contributed by atoms with E-state index in [-0.39, 0.29) is 23.3 Å². The first kappa shape index (κ1) is 14.7. The van der Waals surface area contributed by atoms with Gasteiger partial charge in [-0.15, -0.1) is 0 Å². The second-order valence-electron chi connectivity index (χ2n) is 4.56. The minimum atomic E-state index is -0.519. The number of nitrogen functional groups attached to an aromatic ring is 1. The second kappa shape index (κ2) is 6.03. The van der Waals surface area contributed by atoms with Crippen LogP contribution < -0.4 is 16.4 Å². The minimum absolute atomic E-state index is 0.0472. The van der Waals surface area contributed by atoms with Gasteiger partial charge in [-0.25, -0.2) is 0 Å². The summed E-state index contributed by atoms with van der Waals surface area (Å²) in [6.07, 6.45) is 0. The molecule has 1 unspecified atom stereocenters. The molecule has 4 N–H and O–H groups in total. The van der Waals surface area contributed by atoms with Crippen molar-refractivity contribution in [1.82, 2.24) is 5.32 Å². The van der Waals surface area contributed by atoms with Crippen molar-refractivity contribution in [3.8, 4) is 0 Å². The van der Waals surface area contributed by atoms with Crippen molar-refractivity contribution in [3.05, 3.63) is 28.3 Å². The molecular formula is C12H18N4O3. The minimum Gasteiger partial charge on any atom is -0.397 e. The number of nitro groups is 1. The molecule has 0 aliphatic heterocycles. The Morgan fingerprint density at radius 3 is 2.47 bits per heavy atom. The molecule has 7 heteroatoms. The van der Waals surface area contributed by atoms with Gasteiger partial charge in [-0.3, -0.25) is 14.9 Å². The zero-order valence-electron chi connectivity index (χ0n) is 11.1. The molecule has 0 fully saturated rings. The van der Waals surface area contributed by atoms with Crippen LogP contribution in [0.1, 0.15) is 20.8 Å². The van der Waals surface area contributed by atoms with Crippen LogP contribution in [0.5, 0.6) is 0 Å². The van der Waals surface area contributed by atoms with Crippen LogP contribution >= 0.6 is 0 Å². The van der Waals surface area contributed by atoms with Gasteiger partial charge in [-0.05, 0) is 26.8 Å². The molecule has 0 aliphatic rings. The molecule has 104 valence electrons. The molecule has 7 nitrogen and oxygen atoms in total. The maximum Gasteiger partial charge on any atom is 0.271 e. The number of nitrogens with two attached hydrogens (primary N) is 1. The Labute approximate surface area is 111 Å². The Morgan fingerprint density at radius 1 is 1.37 bits per heavy atom. The van der Waals surface area contributed by atoms with Crippen LogP contribution in [0.15, 0.2) is 18.2 Å².